The summed E-state index contributed by atoms with van der Waals surface area (Å²) < 4.78 is 4.31. The van der Waals surface area contributed by atoms with Crippen LogP contribution < -0.4 is 10.3 Å². The Hall–Kier alpha value is -1.90. The number of hydrogen-bond acceptors (Lipinski definition) is 7. The van der Waals surface area contributed by atoms with Crippen LogP contribution in [0.3, 0.4) is 0 Å². The molecule has 6 nitrogen and oxygen atoms in total. The van der Waals surface area contributed by atoms with E-state index in [9.17, 15) is 4.79 Å². The maximum absolute atomic E-state index is 13.3. The van der Waals surface area contributed by atoms with Gasteiger partial charge in [0.15, 0.2) is 10.8 Å². The quantitative estimate of drug-likeness (QED) is 0.578. The predicted octanol–water partition coefficient (Wildman–Crippen LogP) is 4.32. The SMILES string of the molecule is CC1CCCN1c1ccc2c(=O)c(SN3CCCCC3)cn(-c3nccs3)c2n1. The smallest absolute Gasteiger partial charge is 0.205 e. The van der Waals surface area contributed by atoms with Crippen LogP contribution in [0, 0.1) is 0 Å². The first-order valence-corrected chi connectivity index (χ1v) is 12.0. The largest absolute Gasteiger partial charge is 0.354 e. The van der Waals surface area contributed by atoms with Gasteiger partial charge in [0.05, 0.1) is 10.3 Å². The normalized spacial score (nSPS) is 20.6. The van der Waals surface area contributed by atoms with Crippen molar-refractivity contribution in [3.8, 4) is 5.13 Å². The number of anilines is 1. The molecule has 0 aromatic carbocycles. The van der Waals surface area contributed by atoms with Crippen LogP contribution in [0.2, 0.25) is 0 Å². The molecule has 0 radical (unpaired) electrons. The van der Waals surface area contributed by atoms with E-state index in [4.69, 9.17) is 4.98 Å². The molecular weight excluding hydrogens is 402 g/mol. The zero-order valence-corrected chi connectivity index (χ0v) is 18.2. The lowest BCUT2D eigenvalue weighted by atomic mass is 10.2. The van der Waals surface area contributed by atoms with Crippen LogP contribution in [-0.4, -0.2) is 44.5 Å². The number of rotatable bonds is 4. The van der Waals surface area contributed by atoms with Gasteiger partial charge in [0.2, 0.25) is 5.43 Å². The second kappa shape index (κ2) is 8.08. The van der Waals surface area contributed by atoms with Gasteiger partial charge in [0.25, 0.3) is 0 Å². The number of hydrogen-bond donors (Lipinski definition) is 0. The predicted molar refractivity (Wildman–Crippen MR) is 120 cm³/mol. The first-order valence-electron chi connectivity index (χ1n) is 10.4. The van der Waals surface area contributed by atoms with Gasteiger partial charge in [-0.2, -0.15) is 0 Å². The molecule has 1 atom stereocenters. The van der Waals surface area contributed by atoms with Crippen molar-refractivity contribution >= 4 is 40.1 Å². The fourth-order valence-corrected chi connectivity index (χ4v) is 5.93. The van der Waals surface area contributed by atoms with Crippen molar-refractivity contribution in [2.45, 2.75) is 50.0 Å². The van der Waals surface area contributed by atoms with E-state index in [1.807, 2.05) is 28.3 Å². The van der Waals surface area contributed by atoms with Crippen molar-refractivity contribution in [1.82, 2.24) is 18.8 Å². The molecule has 2 saturated heterocycles. The molecule has 8 heteroatoms. The first-order chi connectivity index (χ1) is 14.2. The summed E-state index contributed by atoms with van der Waals surface area (Å²) in [6.45, 7) is 5.32. The third kappa shape index (κ3) is 3.69. The second-order valence-electron chi connectivity index (χ2n) is 7.81. The molecule has 1 unspecified atom stereocenters. The highest BCUT2D eigenvalue weighted by atomic mass is 32.2. The van der Waals surface area contributed by atoms with Gasteiger partial charge in [-0.05, 0) is 56.7 Å². The molecule has 0 amide bonds. The van der Waals surface area contributed by atoms with Crippen LogP contribution in [0.4, 0.5) is 5.82 Å². The summed E-state index contributed by atoms with van der Waals surface area (Å²) in [4.78, 5) is 25.8. The maximum atomic E-state index is 13.3. The van der Waals surface area contributed by atoms with Gasteiger partial charge in [0, 0.05) is 43.4 Å². The van der Waals surface area contributed by atoms with E-state index in [0.717, 1.165) is 35.5 Å². The topological polar surface area (TPSA) is 54.3 Å². The molecule has 0 saturated carbocycles. The van der Waals surface area contributed by atoms with E-state index in [1.165, 1.54) is 32.1 Å². The average Bonchev–Trinajstić information content (AvgIpc) is 3.42. The Balaban J connectivity index is 1.63. The number of thiazole rings is 1. The molecule has 0 bridgehead atoms. The average molecular weight is 428 g/mol. The minimum Gasteiger partial charge on any atom is -0.354 e. The molecule has 3 aromatic heterocycles. The lowest BCUT2D eigenvalue weighted by molar-refractivity contribution is 0.380. The molecule has 5 rings (SSSR count). The van der Waals surface area contributed by atoms with Crippen molar-refractivity contribution in [3.05, 3.63) is 40.1 Å². The van der Waals surface area contributed by atoms with Crippen molar-refractivity contribution in [1.29, 1.82) is 0 Å². The number of nitrogens with zero attached hydrogens (tertiary/aromatic N) is 5. The van der Waals surface area contributed by atoms with Gasteiger partial charge in [-0.15, -0.1) is 11.3 Å². The Morgan fingerprint density at radius 3 is 2.72 bits per heavy atom. The van der Waals surface area contributed by atoms with E-state index in [-0.39, 0.29) is 5.43 Å². The summed E-state index contributed by atoms with van der Waals surface area (Å²) in [5, 5.41) is 3.47. The van der Waals surface area contributed by atoms with Crippen molar-refractivity contribution in [3.63, 3.8) is 0 Å². The molecule has 0 aliphatic carbocycles. The standard InChI is InChI=1S/C21H25N5OS2/c1-15-6-5-12-25(15)18-8-7-16-19(27)17(29-24-10-3-2-4-11-24)14-26(20(16)23-18)21-22-9-13-28-21/h7-9,13-15H,2-6,10-12H2,1H3. The van der Waals surface area contributed by atoms with Gasteiger partial charge in [-0.3, -0.25) is 9.36 Å². The Labute approximate surface area is 178 Å². The van der Waals surface area contributed by atoms with Gasteiger partial charge >= 0.3 is 0 Å². The fourth-order valence-electron chi connectivity index (χ4n) is 4.24. The van der Waals surface area contributed by atoms with E-state index in [2.05, 4.69) is 21.1 Å². The van der Waals surface area contributed by atoms with E-state index in [0.29, 0.717) is 17.1 Å². The third-order valence-electron chi connectivity index (χ3n) is 5.82. The Morgan fingerprint density at radius 2 is 2.00 bits per heavy atom. The number of aromatic nitrogens is 3. The van der Waals surface area contributed by atoms with Crippen LogP contribution in [0.25, 0.3) is 16.2 Å². The zero-order valence-electron chi connectivity index (χ0n) is 16.6. The second-order valence-corrected chi connectivity index (χ2v) is 9.83. The summed E-state index contributed by atoms with van der Waals surface area (Å²) in [5.74, 6) is 0.948. The Bertz CT molecular complexity index is 1060. The molecule has 2 aliphatic rings. The lowest BCUT2D eigenvalue weighted by Gasteiger charge is -2.25. The summed E-state index contributed by atoms with van der Waals surface area (Å²) in [7, 11) is 0. The summed E-state index contributed by atoms with van der Waals surface area (Å²) in [6, 6.07) is 4.44. The molecule has 3 aromatic rings. The zero-order chi connectivity index (χ0) is 19.8. The summed E-state index contributed by atoms with van der Waals surface area (Å²) >= 11 is 3.15. The lowest BCUT2D eigenvalue weighted by Crippen LogP contribution is -2.27. The van der Waals surface area contributed by atoms with Crippen molar-refractivity contribution < 1.29 is 0 Å². The van der Waals surface area contributed by atoms with Crippen LogP contribution in [0.5, 0.6) is 0 Å². The minimum atomic E-state index is 0.0666. The van der Waals surface area contributed by atoms with E-state index >= 15 is 0 Å². The van der Waals surface area contributed by atoms with E-state index < -0.39 is 0 Å². The van der Waals surface area contributed by atoms with Gasteiger partial charge in [-0.25, -0.2) is 14.3 Å². The van der Waals surface area contributed by atoms with Crippen LogP contribution >= 0.6 is 23.3 Å². The molecule has 29 heavy (non-hydrogen) atoms. The molecule has 0 spiro atoms. The highest BCUT2D eigenvalue weighted by Crippen LogP contribution is 2.29. The van der Waals surface area contributed by atoms with Gasteiger partial charge in [0.1, 0.15) is 5.82 Å². The highest BCUT2D eigenvalue weighted by molar-refractivity contribution is 7.97. The van der Waals surface area contributed by atoms with Crippen LogP contribution in [0.1, 0.15) is 39.0 Å². The maximum Gasteiger partial charge on any atom is 0.205 e. The molecule has 152 valence electrons. The highest BCUT2D eigenvalue weighted by Gasteiger charge is 2.23. The molecule has 0 N–H and O–H groups in total. The molecule has 2 aliphatic heterocycles. The monoisotopic (exact) mass is 427 g/mol. The molecule has 5 heterocycles. The van der Waals surface area contributed by atoms with Gasteiger partial charge < -0.3 is 4.90 Å². The molecular formula is C21H25N5OS2. The first kappa shape index (κ1) is 19.1. The Morgan fingerprint density at radius 1 is 1.14 bits per heavy atom. The van der Waals surface area contributed by atoms with Crippen molar-refractivity contribution in [2.75, 3.05) is 24.5 Å². The minimum absolute atomic E-state index is 0.0666. The van der Waals surface area contributed by atoms with Crippen LogP contribution in [0.15, 0.2) is 39.6 Å². The number of fused-ring (bicyclic) bond motifs is 1. The summed E-state index contributed by atoms with van der Waals surface area (Å²) in [5.41, 5.74) is 0.765. The molecule has 2 fully saturated rings. The van der Waals surface area contributed by atoms with Crippen molar-refractivity contribution in [2.24, 2.45) is 0 Å². The number of piperidine rings is 1. The third-order valence-corrected chi connectivity index (χ3v) is 7.70. The van der Waals surface area contributed by atoms with Gasteiger partial charge in [-0.1, -0.05) is 6.42 Å². The van der Waals surface area contributed by atoms with E-state index in [1.54, 1.807) is 29.5 Å². The number of pyridine rings is 2. The Kier molecular flexibility index (Phi) is 5.32. The van der Waals surface area contributed by atoms with Crippen LogP contribution in [-0.2, 0) is 0 Å². The summed E-state index contributed by atoms with van der Waals surface area (Å²) in [6.07, 6.45) is 9.77. The fraction of sp³-hybridized carbons (Fsp3) is 0.476.